The van der Waals surface area contributed by atoms with Crippen molar-refractivity contribution in [3.63, 3.8) is 0 Å². The second kappa shape index (κ2) is 11.7. The molecule has 0 unspecified atom stereocenters. The monoisotopic (exact) mass is 572 g/mol. The molecule has 8 nitrogen and oxygen atoms in total. The number of hydrogen-bond donors (Lipinski definition) is 1. The molecule has 0 spiro atoms. The van der Waals surface area contributed by atoms with Gasteiger partial charge in [0.2, 0.25) is 11.0 Å². The molecule has 1 N–H and O–H groups in total. The molecule has 0 saturated carbocycles. The van der Waals surface area contributed by atoms with Gasteiger partial charge in [-0.2, -0.15) is 4.37 Å². The molecule has 1 aliphatic rings. The van der Waals surface area contributed by atoms with Crippen LogP contribution in [0.25, 0.3) is 11.0 Å². The van der Waals surface area contributed by atoms with E-state index in [1.807, 2.05) is 81.1 Å². The molecule has 3 heterocycles. The first-order chi connectivity index (χ1) is 19.5. The number of hydrogen-bond acceptors (Lipinski definition) is 6. The number of nitrogens with zero attached hydrogens (tertiary/aromatic N) is 5. The number of aromatic amines is 1. The lowest BCUT2D eigenvalue weighted by atomic mass is 10.0. The SMILES string of the molecule is O=C(CN(Cc1ccccc1)c1nc(Cc2ccc(Cl)cc2)ns1)N1CCC(n2c(=O)[nH]c3ccccc32)CC1. The van der Waals surface area contributed by atoms with Crippen molar-refractivity contribution < 1.29 is 4.79 Å². The average Bonchev–Trinajstić information content (AvgIpc) is 3.58. The number of H-pyrrole nitrogens is 1. The van der Waals surface area contributed by atoms with Gasteiger partial charge in [-0.25, -0.2) is 9.78 Å². The van der Waals surface area contributed by atoms with Gasteiger partial charge in [-0.05, 0) is 48.2 Å². The van der Waals surface area contributed by atoms with Gasteiger partial charge in [0, 0.05) is 48.7 Å². The molecule has 6 rings (SSSR count). The molecule has 40 heavy (non-hydrogen) atoms. The second-order valence-electron chi connectivity index (χ2n) is 10.1. The molecule has 0 aliphatic carbocycles. The molecule has 0 radical (unpaired) electrons. The van der Waals surface area contributed by atoms with Crippen LogP contribution in [0.3, 0.4) is 0 Å². The predicted octanol–water partition coefficient (Wildman–Crippen LogP) is 5.30. The number of imidazole rings is 1. The highest BCUT2D eigenvalue weighted by atomic mass is 35.5. The number of para-hydroxylation sites is 2. The fourth-order valence-electron chi connectivity index (χ4n) is 5.30. The number of halogens is 1. The van der Waals surface area contributed by atoms with Crippen LogP contribution in [0.5, 0.6) is 0 Å². The molecular formula is C30H29ClN6O2S. The lowest BCUT2D eigenvalue weighted by Gasteiger charge is -2.34. The summed E-state index contributed by atoms with van der Waals surface area (Å²) < 4.78 is 6.43. The Morgan fingerprint density at radius 2 is 1.70 bits per heavy atom. The molecule has 1 fully saturated rings. The Hall–Kier alpha value is -3.95. The fraction of sp³-hybridized carbons (Fsp3) is 0.267. The van der Waals surface area contributed by atoms with Gasteiger partial charge in [-0.15, -0.1) is 0 Å². The summed E-state index contributed by atoms with van der Waals surface area (Å²) in [6.07, 6.45) is 2.06. The Bertz CT molecular complexity index is 1660. The van der Waals surface area contributed by atoms with Crippen molar-refractivity contribution in [2.24, 2.45) is 0 Å². The van der Waals surface area contributed by atoms with E-state index in [9.17, 15) is 9.59 Å². The number of piperidine rings is 1. The number of likely N-dealkylation sites (tertiary alicyclic amines) is 1. The van der Waals surface area contributed by atoms with Crippen molar-refractivity contribution in [3.05, 3.63) is 111 Å². The first kappa shape index (κ1) is 26.3. The van der Waals surface area contributed by atoms with Crippen molar-refractivity contribution in [2.45, 2.75) is 31.8 Å². The van der Waals surface area contributed by atoms with Gasteiger partial charge in [-0.3, -0.25) is 9.36 Å². The highest BCUT2D eigenvalue weighted by Crippen LogP contribution is 2.26. The van der Waals surface area contributed by atoms with Gasteiger partial charge >= 0.3 is 5.69 Å². The standard InChI is InChI=1S/C30H29ClN6O2S/c31-23-12-10-21(11-13-23)18-27-33-30(40-34-27)36(19-22-6-2-1-3-7-22)20-28(38)35-16-14-24(15-17-35)37-26-9-5-4-8-25(26)32-29(37)39/h1-13,24H,14-20H2,(H,32,39). The Labute approximate surface area is 241 Å². The van der Waals surface area contributed by atoms with E-state index in [0.717, 1.165) is 46.0 Å². The highest BCUT2D eigenvalue weighted by Gasteiger charge is 2.28. The largest absolute Gasteiger partial charge is 0.341 e. The van der Waals surface area contributed by atoms with E-state index >= 15 is 0 Å². The number of rotatable bonds is 8. The van der Waals surface area contributed by atoms with Crippen molar-refractivity contribution in [1.29, 1.82) is 0 Å². The first-order valence-electron chi connectivity index (χ1n) is 13.4. The summed E-state index contributed by atoms with van der Waals surface area (Å²) in [7, 11) is 0. The summed E-state index contributed by atoms with van der Waals surface area (Å²) in [5.74, 6) is 0.771. The molecule has 204 valence electrons. The molecule has 3 aromatic carbocycles. The lowest BCUT2D eigenvalue weighted by molar-refractivity contribution is -0.131. The number of amides is 1. The molecule has 1 aliphatic heterocycles. The summed E-state index contributed by atoms with van der Waals surface area (Å²) in [5.41, 5.74) is 3.84. The van der Waals surface area contributed by atoms with Gasteiger partial charge in [0.25, 0.3) is 0 Å². The van der Waals surface area contributed by atoms with Crippen LogP contribution in [0.1, 0.15) is 35.8 Å². The molecule has 5 aromatic rings. The van der Waals surface area contributed by atoms with Crippen LogP contribution in [0.2, 0.25) is 5.02 Å². The maximum absolute atomic E-state index is 13.5. The Morgan fingerprint density at radius 3 is 2.48 bits per heavy atom. The average molecular weight is 573 g/mol. The minimum absolute atomic E-state index is 0.0510. The first-order valence-corrected chi connectivity index (χ1v) is 14.5. The number of benzene rings is 3. The molecular weight excluding hydrogens is 544 g/mol. The van der Waals surface area contributed by atoms with Crippen molar-refractivity contribution in [3.8, 4) is 0 Å². The number of aromatic nitrogens is 4. The summed E-state index contributed by atoms with van der Waals surface area (Å²) in [6, 6.07) is 25.6. The van der Waals surface area contributed by atoms with Crippen molar-refractivity contribution in [2.75, 3.05) is 24.5 Å². The van der Waals surface area contributed by atoms with Crippen LogP contribution in [0.15, 0.2) is 83.7 Å². The predicted molar refractivity (Wildman–Crippen MR) is 159 cm³/mol. The zero-order valence-electron chi connectivity index (χ0n) is 21.9. The zero-order chi connectivity index (χ0) is 27.5. The quantitative estimate of drug-likeness (QED) is 0.273. The third-order valence-corrected chi connectivity index (χ3v) is 8.42. The van der Waals surface area contributed by atoms with E-state index in [-0.39, 0.29) is 24.2 Å². The Kier molecular flexibility index (Phi) is 7.66. The number of anilines is 1. The minimum Gasteiger partial charge on any atom is -0.341 e. The van der Waals surface area contributed by atoms with E-state index in [4.69, 9.17) is 16.6 Å². The highest BCUT2D eigenvalue weighted by molar-refractivity contribution is 7.09. The van der Waals surface area contributed by atoms with Crippen LogP contribution in [0, 0.1) is 0 Å². The van der Waals surface area contributed by atoms with Gasteiger partial charge < -0.3 is 14.8 Å². The molecule has 0 bridgehead atoms. The fourth-order valence-corrected chi connectivity index (χ4v) is 6.11. The molecule has 1 saturated heterocycles. The maximum atomic E-state index is 13.5. The van der Waals surface area contributed by atoms with Gasteiger partial charge in [0.05, 0.1) is 17.6 Å². The van der Waals surface area contributed by atoms with E-state index in [2.05, 4.69) is 21.5 Å². The van der Waals surface area contributed by atoms with E-state index in [1.54, 1.807) is 0 Å². The summed E-state index contributed by atoms with van der Waals surface area (Å²) >= 11 is 7.34. The van der Waals surface area contributed by atoms with Crippen LogP contribution in [-0.4, -0.2) is 49.3 Å². The Balaban J connectivity index is 1.15. The molecule has 2 aromatic heterocycles. The summed E-state index contributed by atoms with van der Waals surface area (Å²) in [4.78, 5) is 37.9. The Morgan fingerprint density at radius 1 is 0.975 bits per heavy atom. The molecule has 1 amide bonds. The van der Waals surface area contributed by atoms with Gasteiger partial charge in [-0.1, -0.05) is 66.2 Å². The number of nitrogens with one attached hydrogen (secondary N) is 1. The topological polar surface area (TPSA) is 87.1 Å². The maximum Gasteiger partial charge on any atom is 0.326 e. The van der Waals surface area contributed by atoms with Crippen LogP contribution in [-0.2, 0) is 17.8 Å². The number of carbonyl (C=O) groups excluding carboxylic acids is 1. The molecule has 0 atom stereocenters. The van der Waals surface area contributed by atoms with Crippen LogP contribution < -0.4 is 10.6 Å². The summed E-state index contributed by atoms with van der Waals surface area (Å²) in [6.45, 7) is 1.98. The van der Waals surface area contributed by atoms with E-state index < -0.39 is 0 Å². The molecule has 10 heteroatoms. The third-order valence-electron chi connectivity index (χ3n) is 7.35. The number of carbonyl (C=O) groups is 1. The van der Waals surface area contributed by atoms with Crippen LogP contribution in [0.4, 0.5) is 5.13 Å². The third kappa shape index (κ3) is 5.80. The van der Waals surface area contributed by atoms with Crippen LogP contribution >= 0.6 is 23.1 Å². The van der Waals surface area contributed by atoms with Gasteiger partial charge in [0.1, 0.15) is 5.82 Å². The van der Waals surface area contributed by atoms with E-state index in [0.29, 0.717) is 31.1 Å². The lowest BCUT2D eigenvalue weighted by Crippen LogP contribution is -2.45. The smallest absolute Gasteiger partial charge is 0.326 e. The van der Waals surface area contributed by atoms with Crippen molar-refractivity contribution >= 4 is 45.2 Å². The zero-order valence-corrected chi connectivity index (χ0v) is 23.4. The van der Waals surface area contributed by atoms with Crippen molar-refractivity contribution in [1.82, 2.24) is 23.8 Å². The normalized spacial score (nSPS) is 14.1. The van der Waals surface area contributed by atoms with E-state index in [1.165, 1.54) is 11.5 Å². The summed E-state index contributed by atoms with van der Waals surface area (Å²) in [5, 5.41) is 1.42. The second-order valence-corrected chi connectivity index (χ2v) is 11.2. The number of fused-ring (bicyclic) bond motifs is 1. The van der Waals surface area contributed by atoms with Gasteiger partial charge in [0.15, 0.2) is 0 Å². The minimum atomic E-state index is -0.0920.